The van der Waals surface area contributed by atoms with Gasteiger partial charge in [0.15, 0.2) is 0 Å². The van der Waals surface area contributed by atoms with Gasteiger partial charge in [0.2, 0.25) is 5.91 Å². The second kappa shape index (κ2) is 5.30. The molecule has 4 rings (SSSR count). The molecule has 2 aromatic heterocycles. The van der Waals surface area contributed by atoms with E-state index in [1.165, 1.54) is 11.1 Å². The van der Waals surface area contributed by atoms with Crippen LogP contribution in [-0.2, 0) is 11.2 Å². The van der Waals surface area contributed by atoms with Gasteiger partial charge in [-0.1, -0.05) is 24.3 Å². The molecule has 4 heteroatoms. The Bertz CT molecular complexity index is 837. The molecule has 0 saturated heterocycles. The highest BCUT2D eigenvalue weighted by Gasteiger charge is 2.26. The third-order valence-corrected chi connectivity index (χ3v) is 4.39. The number of aryl methyl sites for hydroxylation is 1. The maximum absolute atomic E-state index is 12.7. The Morgan fingerprint density at radius 3 is 3.09 bits per heavy atom. The Morgan fingerprint density at radius 2 is 2.14 bits per heavy atom. The number of anilines is 1. The van der Waals surface area contributed by atoms with Crippen molar-refractivity contribution in [2.24, 2.45) is 0 Å². The summed E-state index contributed by atoms with van der Waals surface area (Å²) in [6.45, 7) is 0. The Hall–Kier alpha value is -2.62. The summed E-state index contributed by atoms with van der Waals surface area (Å²) >= 11 is 0. The van der Waals surface area contributed by atoms with Gasteiger partial charge in [0.05, 0.1) is 11.6 Å². The fourth-order valence-electron chi connectivity index (χ4n) is 3.31. The minimum Gasteiger partial charge on any atom is -0.344 e. The Balaban J connectivity index is 1.63. The smallest absolute Gasteiger partial charge is 0.231 e. The summed E-state index contributed by atoms with van der Waals surface area (Å²) in [6, 6.07) is 12.1. The van der Waals surface area contributed by atoms with Gasteiger partial charge in [-0.25, -0.2) is 4.98 Å². The summed E-state index contributed by atoms with van der Waals surface area (Å²) in [5, 5.41) is 4.01. The van der Waals surface area contributed by atoms with Crippen molar-refractivity contribution in [1.29, 1.82) is 0 Å². The third kappa shape index (κ3) is 2.17. The predicted molar refractivity (Wildman–Crippen MR) is 86.8 cm³/mol. The number of aromatic nitrogens is 2. The number of rotatable bonds is 2. The van der Waals surface area contributed by atoms with Crippen LogP contribution in [0.15, 0.2) is 48.8 Å². The number of H-pyrrole nitrogens is 1. The molecule has 1 atom stereocenters. The molecule has 110 valence electrons. The minimum atomic E-state index is -0.0634. The Morgan fingerprint density at radius 1 is 1.23 bits per heavy atom. The van der Waals surface area contributed by atoms with Gasteiger partial charge >= 0.3 is 0 Å². The van der Waals surface area contributed by atoms with Gasteiger partial charge < -0.3 is 10.3 Å². The van der Waals surface area contributed by atoms with Gasteiger partial charge in [-0.2, -0.15) is 0 Å². The van der Waals surface area contributed by atoms with E-state index >= 15 is 0 Å². The van der Waals surface area contributed by atoms with Gasteiger partial charge in [0.1, 0.15) is 5.65 Å². The van der Waals surface area contributed by atoms with E-state index in [2.05, 4.69) is 27.4 Å². The van der Waals surface area contributed by atoms with Gasteiger partial charge in [-0.3, -0.25) is 4.79 Å². The molecular weight excluding hydrogens is 274 g/mol. The average Bonchev–Trinajstić information content (AvgIpc) is 2.97. The van der Waals surface area contributed by atoms with Crippen LogP contribution in [0.1, 0.15) is 29.9 Å². The van der Waals surface area contributed by atoms with E-state index in [1.807, 2.05) is 30.5 Å². The zero-order valence-electron chi connectivity index (χ0n) is 12.2. The normalized spacial score (nSPS) is 17.2. The van der Waals surface area contributed by atoms with E-state index in [1.54, 1.807) is 6.20 Å². The van der Waals surface area contributed by atoms with Crippen LogP contribution in [-0.4, -0.2) is 15.9 Å². The van der Waals surface area contributed by atoms with Crippen molar-refractivity contribution in [3.8, 4) is 0 Å². The van der Waals surface area contributed by atoms with Crippen LogP contribution in [0.4, 0.5) is 5.69 Å². The van der Waals surface area contributed by atoms with E-state index in [-0.39, 0.29) is 11.8 Å². The molecule has 1 amide bonds. The number of aromatic amines is 1. The van der Waals surface area contributed by atoms with Gasteiger partial charge in [0.25, 0.3) is 0 Å². The largest absolute Gasteiger partial charge is 0.344 e. The van der Waals surface area contributed by atoms with E-state index in [4.69, 9.17) is 0 Å². The van der Waals surface area contributed by atoms with Crippen LogP contribution < -0.4 is 5.32 Å². The summed E-state index contributed by atoms with van der Waals surface area (Å²) in [6.07, 6.45) is 6.58. The van der Waals surface area contributed by atoms with Gasteiger partial charge in [0, 0.05) is 17.8 Å². The summed E-state index contributed by atoms with van der Waals surface area (Å²) < 4.78 is 0. The molecule has 0 radical (unpaired) electrons. The molecule has 1 unspecified atom stereocenters. The number of benzene rings is 1. The molecule has 1 aliphatic rings. The molecule has 0 saturated carbocycles. The summed E-state index contributed by atoms with van der Waals surface area (Å²) in [5.74, 6) is 0.00322. The zero-order chi connectivity index (χ0) is 14.9. The number of nitrogens with zero attached hydrogens (tertiary/aromatic N) is 1. The van der Waals surface area contributed by atoms with Crippen LogP contribution in [0.25, 0.3) is 11.0 Å². The fourth-order valence-corrected chi connectivity index (χ4v) is 3.31. The standard InChI is InChI=1S/C18H17N3O/c22-18(14-8-3-6-12-5-1-2-7-13(12)14)21-16-11-20-17-15(16)9-4-10-19-17/h1-2,4-5,7,9-11,14H,3,6,8H2,(H,19,20)(H,21,22). The summed E-state index contributed by atoms with van der Waals surface area (Å²) in [4.78, 5) is 20.1. The number of hydrogen-bond acceptors (Lipinski definition) is 2. The quantitative estimate of drug-likeness (QED) is 0.757. The van der Waals surface area contributed by atoms with E-state index < -0.39 is 0 Å². The Labute approximate surface area is 128 Å². The third-order valence-electron chi connectivity index (χ3n) is 4.39. The number of carbonyl (C=O) groups excluding carboxylic acids is 1. The second-order valence-corrected chi connectivity index (χ2v) is 5.73. The molecule has 1 aliphatic carbocycles. The predicted octanol–water partition coefficient (Wildman–Crippen LogP) is 3.62. The van der Waals surface area contributed by atoms with Crippen molar-refractivity contribution in [3.63, 3.8) is 0 Å². The minimum absolute atomic E-state index is 0.0634. The second-order valence-electron chi connectivity index (χ2n) is 5.73. The molecule has 4 nitrogen and oxygen atoms in total. The maximum atomic E-state index is 12.7. The SMILES string of the molecule is O=C(Nc1c[nH]c2ncccc12)C1CCCc2ccccc21. The van der Waals surface area contributed by atoms with Crippen molar-refractivity contribution >= 4 is 22.6 Å². The lowest BCUT2D eigenvalue weighted by molar-refractivity contribution is -0.117. The molecule has 3 aromatic rings. The first-order chi connectivity index (χ1) is 10.8. The van der Waals surface area contributed by atoms with Crippen molar-refractivity contribution in [1.82, 2.24) is 9.97 Å². The number of pyridine rings is 1. The summed E-state index contributed by atoms with van der Waals surface area (Å²) in [5.41, 5.74) is 4.07. The molecule has 2 N–H and O–H groups in total. The zero-order valence-corrected chi connectivity index (χ0v) is 12.2. The monoisotopic (exact) mass is 291 g/mol. The van der Waals surface area contributed by atoms with Crippen LogP contribution in [0, 0.1) is 0 Å². The first kappa shape index (κ1) is 13.1. The lowest BCUT2D eigenvalue weighted by Crippen LogP contribution is -2.24. The maximum Gasteiger partial charge on any atom is 0.231 e. The van der Waals surface area contributed by atoms with Crippen molar-refractivity contribution in [3.05, 3.63) is 59.9 Å². The molecule has 0 fully saturated rings. The van der Waals surface area contributed by atoms with Crippen molar-refractivity contribution < 1.29 is 4.79 Å². The molecule has 2 heterocycles. The molecule has 1 aromatic carbocycles. The number of carbonyl (C=O) groups is 1. The fraction of sp³-hybridized carbons (Fsp3) is 0.222. The first-order valence-electron chi connectivity index (χ1n) is 7.64. The number of nitrogens with one attached hydrogen (secondary N) is 2. The molecule has 0 bridgehead atoms. The van der Waals surface area contributed by atoms with Crippen molar-refractivity contribution in [2.45, 2.75) is 25.2 Å². The number of amides is 1. The molecule has 22 heavy (non-hydrogen) atoms. The highest BCUT2D eigenvalue weighted by Crippen LogP contribution is 2.33. The molecule has 0 aliphatic heterocycles. The van der Waals surface area contributed by atoms with Crippen LogP contribution in [0.3, 0.4) is 0 Å². The summed E-state index contributed by atoms with van der Waals surface area (Å²) in [7, 11) is 0. The highest BCUT2D eigenvalue weighted by atomic mass is 16.1. The average molecular weight is 291 g/mol. The topological polar surface area (TPSA) is 57.8 Å². The Kier molecular flexibility index (Phi) is 3.15. The van der Waals surface area contributed by atoms with Crippen LogP contribution in [0.5, 0.6) is 0 Å². The molecule has 0 spiro atoms. The first-order valence-corrected chi connectivity index (χ1v) is 7.64. The highest BCUT2D eigenvalue weighted by molar-refractivity contribution is 6.03. The number of hydrogen-bond donors (Lipinski definition) is 2. The van der Waals surface area contributed by atoms with E-state index in [9.17, 15) is 4.79 Å². The van der Waals surface area contributed by atoms with Crippen LogP contribution in [0.2, 0.25) is 0 Å². The lowest BCUT2D eigenvalue weighted by Gasteiger charge is -2.24. The van der Waals surface area contributed by atoms with Crippen LogP contribution >= 0.6 is 0 Å². The number of fused-ring (bicyclic) bond motifs is 2. The lowest BCUT2D eigenvalue weighted by atomic mass is 9.82. The van der Waals surface area contributed by atoms with Gasteiger partial charge in [-0.15, -0.1) is 0 Å². The van der Waals surface area contributed by atoms with E-state index in [0.717, 1.165) is 36.0 Å². The van der Waals surface area contributed by atoms with Crippen molar-refractivity contribution in [2.75, 3.05) is 5.32 Å². The molecular formula is C18H17N3O. The van der Waals surface area contributed by atoms with Gasteiger partial charge in [-0.05, 0) is 42.5 Å². The van der Waals surface area contributed by atoms with E-state index in [0.29, 0.717) is 0 Å².